The molecule has 0 unspecified atom stereocenters. The van der Waals surface area contributed by atoms with Gasteiger partial charge in [-0.1, -0.05) is 67.9 Å². The summed E-state index contributed by atoms with van der Waals surface area (Å²) < 4.78 is 7.94. The number of morpholine rings is 1. The molecule has 4 heteroatoms. The molecule has 0 saturated carbocycles. The van der Waals surface area contributed by atoms with E-state index in [2.05, 4.69) is 78.8 Å². The third-order valence-corrected chi connectivity index (χ3v) is 8.02. The lowest BCUT2D eigenvalue weighted by Gasteiger charge is -2.26. The van der Waals surface area contributed by atoms with Gasteiger partial charge >= 0.3 is 0 Å². The monoisotopic (exact) mass is 491 g/mol. The van der Waals surface area contributed by atoms with Crippen molar-refractivity contribution in [1.29, 1.82) is 0 Å². The van der Waals surface area contributed by atoms with Crippen LogP contribution in [-0.4, -0.2) is 30.6 Å². The highest BCUT2D eigenvalue weighted by molar-refractivity contribution is 7.97. The zero-order chi connectivity index (χ0) is 24.1. The highest BCUT2D eigenvalue weighted by atomic mass is 35.5. The van der Waals surface area contributed by atoms with Crippen LogP contribution in [0.25, 0.3) is 11.6 Å². The Labute approximate surface area is 214 Å². The van der Waals surface area contributed by atoms with Crippen LogP contribution >= 0.6 is 23.5 Å². The molecule has 3 aromatic rings. The lowest BCUT2D eigenvalue weighted by Crippen LogP contribution is -2.31. The molecule has 1 saturated heterocycles. The summed E-state index contributed by atoms with van der Waals surface area (Å²) in [6.07, 6.45) is 4.49. The van der Waals surface area contributed by atoms with Crippen molar-refractivity contribution in [1.82, 2.24) is 4.31 Å². The van der Waals surface area contributed by atoms with Crippen molar-refractivity contribution in [3.63, 3.8) is 0 Å². The molecule has 2 nitrogen and oxygen atoms in total. The number of hydrogen-bond acceptors (Lipinski definition) is 3. The summed E-state index contributed by atoms with van der Waals surface area (Å²) in [6, 6.07) is 19.9. The molecule has 1 aliphatic carbocycles. The minimum absolute atomic E-state index is 0.788. The van der Waals surface area contributed by atoms with E-state index in [9.17, 15) is 0 Å². The fraction of sp³-hybridized carbons (Fsp3) is 0.333. The van der Waals surface area contributed by atoms with Gasteiger partial charge in [0.15, 0.2) is 0 Å². The van der Waals surface area contributed by atoms with Crippen LogP contribution in [-0.2, 0) is 17.6 Å². The van der Waals surface area contributed by atoms with Crippen molar-refractivity contribution in [2.45, 2.75) is 45.4 Å². The minimum atomic E-state index is 0.788. The van der Waals surface area contributed by atoms with E-state index in [-0.39, 0.29) is 0 Å². The molecule has 3 aromatic carbocycles. The van der Waals surface area contributed by atoms with Crippen LogP contribution in [0, 0.1) is 13.8 Å². The maximum atomic E-state index is 6.63. The zero-order valence-corrected chi connectivity index (χ0v) is 22.2. The normalized spacial score (nSPS) is 16.8. The fourth-order valence-corrected chi connectivity index (χ4v) is 5.88. The van der Waals surface area contributed by atoms with Gasteiger partial charge in [-0.3, -0.25) is 0 Å². The second-order valence-electron chi connectivity index (χ2n) is 8.59. The summed E-state index contributed by atoms with van der Waals surface area (Å²) in [5.41, 5.74) is 10.5. The summed E-state index contributed by atoms with van der Waals surface area (Å²) in [5.74, 6) is 0. The van der Waals surface area contributed by atoms with Gasteiger partial charge in [-0.15, -0.1) is 0 Å². The second-order valence-corrected chi connectivity index (χ2v) is 10.1. The van der Waals surface area contributed by atoms with E-state index in [1.54, 1.807) is 0 Å². The summed E-state index contributed by atoms with van der Waals surface area (Å²) in [7, 11) is 0. The number of ether oxygens (including phenoxy) is 1. The first kappa shape index (κ1) is 25.1. The second kappa shape index (κ2) is 11.6. The summed E-state index contributed by atoms with van der Waals surface area (Å²) >= 11 is 8.46. The molecule has 5 rings (SSSR count). The van der Waals surface area contributed by atoms with E-state index in [1.165, 1.54) is 43.8 Å². The van der Waals surface area contributed by atoms with Crippen molar-refractivity contribution in [2.75, 3.05) is 26.3 Å². The average Bonchev–Trinajstić information content (AvgIpc) is 3.02. The Hall–Kier alpha value is -2.04. The maximum absolute atomic E-state index is 6.63. The molecular weight excluding hydrogens is 458 g/mol. The van der Waals surface area contributed by atoms with E-state index in [0.29, 0.717) is 0 Å². The van der Waals surface area contributed by atoms with Crippen molar-refractivity contribution in [2.24, 2.45) is 0 Å². The summed E-state index contributed by atoms with van der Waals surface area (Å²) in [6.45, 7) is 11.8. The molecule has 0 spiro atoms. The highest BCUT2D eigenvalue weighted by Gasteiger charge is 2.21. The number of rotatable bonds is 3. The van der Waals surface area contributed by atoms with Crippen LogP contribution < -0.4 is 0 Å². The molecular formula is C30H34ClNOS. The molecule has 0 aromatic heterocycles. The molecule has 0 N–H and O–H groups in total. The van der Waals surface area contributed by atoms with Crippen LogP contribution in [0.5, 0.6) is 0 Å². The van der Waals surface area contributed by atoms with Gasteiger partial charge in [-0.25, -0.2) is 4.31 Å². The first-order valence-corrected chi connectivity index (χ1v) is 13.4. The molecule has 2 aliphatic rings. The first-order valence-electron chi connectivity index (χ1n) is 12.3. The number of aryl methyl sites for hydroxylation is 3. The van der Waals surface area contributed by atoms with Crippen molar-refractivity contribution < 1.29 is 4.74 Å². The quantitative estimate of drug-likeness (QED) is 0.344. The van der Waals surface area contributed by atoms with Crippen molar-refractivity contribution >= 4 is 35.2 Å². The van der Waals surface area contributed by atoms with Crippen LogP contribution in [0.2, 0.25) is 5.02 Å². The number of fused-ring (bicyclic) bond motifs is 2. The third kappa shape index (κ3) is 5.44. The minimum Gasteiger partial charge on any atom is -0.379 e. The lowest BCUT2D eigenvalue weighted by molar-refractivity contribution is 0.0773. The predicted octanol–water partition coefficient (Wildman–Crippen LogP) is 8.01. The van der Waals surface area contributed by atoms with E-state index in [0.717, 1.165) is 49.7 Å². The van der Waals surface area contributed by atoms with Gasteiger partial charge in [-0.05, 0) is 101 Å². The molecule has 34 heavy (non-hydrogen) atoms. The Morgan fingerprint density at radius 3 is 2.41 bits per heavy atom. The Morgan fingerprint density at radius 2 is 1.62 bits per heavy atom. The number of benzene rings is 3. The Kier molecular flexibility index (Phi) is 8.55. The number of halogens is 1. The van der Waals surface area contributed by atoms with E-state index in [1.807, 2.05) is 25.8 Å². The van der Waals surface area contributed by atoms with Gasteiger partial charge in [0.05, 0.1) is 13.2 Å². The fourth-order valence-electron chi connectivity index (χ4n) is 4.64. The Bertz CT molecular complexity index is 1180. The summed E-state index contributed by atoms with van der Waals surface area (Å²) in [4.78, 5) is 1.25. The van der Waals surface area contributed by atoms with E-state index >= 15 is 0 Å². The molecule has 1 fully saturated rings. The average molecular weight is 492 g/mol. The maximum Gasteiger partial charge on any atom is 0.0603 e. The lowest BCUT2D eigenvalue weighted by atomic mass is 9.90. The first-order chi connectivity index (χ1) is 16.6. The molecule has 0 amide bonds. The summed E-state index contributed by atoms with van der Waals surface area (Å²) in [5, 5.41) is 0.814. The topological polar surface area (TPSA) is 12.5 Å². The number of nitrogens with zero attached hydrogens (tertiary/aromatic N) is 1. The van der Waals surface area contributed by atoms with Crippen LogP contribution in [0.15, 0.2) is 59.5 Å². The van der Waals surface area contributed by atoms with Gasteiger partial charge < -0.3 is 4.74 Å². The molecule has 1 heterocycles. The molecule has 0 radical (unpaired) electrons. The smallest absolute Gasteiger partial charge is 0.0603 e. The van der Waals surface area contributed by atoms with Gasteiger partial charge in [0, 0.05) is 23.0 Å². The molecule has 178 valence electrons. The van der Waals surface area contributed by atoms with Gasteiger partial charge in [-0.2, -0.15) is 0 Å². The standard InChI is InChI=1S/C28H28ClNOS.C2H6/c1-19-6-5-9-25-23(19)11-10-21-7-3-4-8-24(21)26(25)17-22-18-27(29)20(2)16-28(22)32-30-12-14-31-15-13-30;1-2/h3-9,16-18H,10-15H2,1-2H3;1-2H3/b26-17-;. The third-order valence-electron chi connectivity index (χ3n) is 6.44. The SMILES string of the molecule is CC.Cc1cc(SN2CCOCC2)c(/C=C2/c3ccccc3CCc3c(C)cccc32)cc1Cl. The largest absolute Gasteiger partial charge is 0.379 e. The number of hydrogen-bond donors (Lipinski definition) is 0. The van der Waals surface area contributed by atoms with Gasteiger partial charge in [0.1, 0.15) is 0 Å². The van der Waals surface area contributed by atoms with Crippen molar-refractivity contribution in [3.8, 4) is 0 Å². The van der Waals surface area contributed by atoms with Crippen LogP contribution in [0.4, 0.5) is 0 Å². The van der Waals surface area contributed by atoms with Crippen LogP contribution in [0.3, 0.4) is 0 Å². The van der Waals surface area contributed by atoms with E-state index < -0.39 is 0 Å². The van der Waals surface area contributed by atoms with Gasteiger partial charge in [0.2, 0.25) is 0 Å². The zero-order valence-electron chi connectivity index (χ0n) is 20.7. The van der Waals surface area contributed by atoms with Crippen LogP contribution in [0.1, 0.15) is 52.8 Å². The van der Waals surface area contributed by atoms with Gasteiger partial charge in [0.25, 0.3) is 0 Å². The van der Waals surface area contributed by atoms with E-state index in [4.69, 9.17) is 16.3 Å². The van der Waals surface area contributed by atoms with Crippen molar-refractivity contribution in [3.05, 3.63) is 98.6 Å². The Morgan fingerprint density at radius 1 is 0.882 bits per heavy atom. The predicted molar refractivity (Wildman–Crippen MR) is 148 cm³/mol. The molecule has 0 bridgehead atoms. The molecule has 0 atom stereocenters. The Balaban J connectivity index is 0.00000133. The highest BCUT2D eigenvalue weighted by Crippen LogP contribution is 2.39. The molecule has 1 aliphatic heterocycles.